The lowest BCUT2D eigenvalue weighted by molar-refractivity contribution is -0.118. The third-order valence-corrected chi connectivity index (χ3v) is 6.33. The quantitative estimate of drug-likeness (QED) is 0.559. The second-order valence-corrected chi connectivity index (χ2v) is 9.31. The molecule has 0 aliphatic rings. The number of carbonyl (C=O) groups is 2. The van der Waals surface area contributed by atoms with Gasteiger partial charge in [0.05, 0.1) is 4.90 Å². The van der Waals surface area contributed by atoms with E-state index < -0.39 is 10.0 Å². The molecule has 2 aromatic rings. The molecule has 0 spiro atoms. The number of benzene rings is 2. The molecule has 0 aromatic heterocycles. The van der Waals surface area contributed by atoms with E-state index in [-0.39, 0.29) is 35.7 Å². The van der Waals surface area contributed by atoms with Crippen LogP contribution in [0, 0.1) is 26.7 Å². The molecule has 0 unspecified atom stereocenters. The fourth-order valence-corrected chi connectivity index (χ4v) is 4.10. The van der Waals surface area contributed by atoms with E-state index in [0.717, 1.165) is 11.1 Å². The van der Waals surface area contributed by atoms with Crippen LogP contribution in [0.5, 0.6) is 0 Å². The molecule has 0 saturated heterocycles. The van der Waals surface area contributed by atoms with Gasteiger partial charge in [-0.1, -0.05) is 19.9 Å². The van der Waals surface area contributed by atoms with Crippen molar-refractivity contribution < 1.29 is 18.0 Å². The molecule has 30 heavy (non-hydrogen) atoms. The lowest BCUT2D eigenvalue weighted by Crippen LogP contribution is -2.35. The molecule has 8 heteroatoms. The Bertz CT molecular complexity index is 1030. The molecule has 0 atom stereocenters. The summed E-state index contributed by atoms with van der Waals surface area (Å²) < 4.78 is 27.6. The largest absolute Gasteiger partial charge is 0.351 e. The van der Waals surface area contributed by atoms with Gasteiger partial charge in [0.25, 0.3) is 5.91 Å². The van der Waals surface area contributed by atoms with Crippen molar-refractivity contribution >= 4 is 27.5 Å². The molecule has 0 aliphatic carbocycles. The molecular weight excluding hydrogens is 402 g/mol. The van der Waals surface area contributed by atoms with Crippen LogP contribution in [0.2, 0.25) is 0 Å². The molecule has 2 aromatic carbocycles. The zero-order valence-corrected chi connectivity index (χ0v) is 18.8. The van der Waals surface area contributed by atoms with Gasteiger partial charge in [-0.3, -0.25) is 9.59 Å². The third-order valence-electron chi connectivity index (χ3n) is 4.72. The maximum absolute atomic E-state index is 12.5. The van der Waals surface area contributed by atoms with Gasteiger partial charge in [-0.15, -0.1) is 0 Å². The standard InChI is InChI=1S/C22H29N3O4S/c1-14(2)21(26)25-19-8-6-18(7-9-19)22(27)23-10-11-24-30(28,29)20-13-16(4)15(3)12-17(20)5/h6-9,12-14,24H,10-11H2,1-5H3,(H,23,27)(H,25,26). The Kier molecular flexibility index (Phi) is 7.75. The van der Waals surface area contributed by atoms with Crippen LogP contribution in [-0.4, -0.2) is 33.3 Å². The summed E-state index contributed by atoms with van der Waals surface area (Å²) in [7, 11) is -3.66. The zero-order valence-electron chi connectivity index (χ0n) is 18.0. The number of sulfonamides is 1. The predicted molar refractivity (Wildman–Crippen MR) is 118 cm³/mol. The first-order valence-corrected chi connectivity index (χ1v) is 11.3. The summed E-state index contributed by atoms with van der Waals surface area (Å²) in [6, 6.07) is 10.0. The maximum Gasteiger partial charge on any atom is 0.251 e. The lowest BCUT2D eigenvalue weighted by atomic mass is 10.1. The molecule has 0 aliphatic heterocycles. The SMILES string of the molecule is Cc1cc(C)c(S(=O)(=O)NCCNC(=O)c2ccc(NC(=O)C(C)C)cc2)cc1C. The van der Waals surface area contributed by atoms with E-state index in [9.17, 15) is 18.0 Å². The minimum absolute atomic E-state index is 0.0724. The molecule has 0 saturated carbocycles. The van der Waals surface area contributed by atoms with E-state index in [0.29, 0.717) is 16.8 Å². The minimum atomic E-state index is -3.66. The molecule has 0 bridgehead atoms. The molecule has 3 N–H and O–H groups in total. The first-order chi connectivity index (χ1) is 14.0. The van der Waals surface area contributed by atoms with Crippen LogP contribution in [-0.2, 0) is 14.8 Å². The lowest BCUT2D eigenvalue weighted by Gasteiger charge is -2.12. The van der Waals surface area contributed by atoms with Crippen LogP contribution in [0.1, 0.15) is 40.9 Å². The Balaban J connectivity index is 1.89. The molecule has 0 radical (unpaired) electrons. The predicted octanol–water partition coefficient (Wildman–Crippen LogP) is 2.91. The van der Waals surface area contributed by atoms with Gasteiger partial charge in [-0.2, -0.15) is 0 Å². The Morgan fingerprint density at radius 3 is 2.10 bits per heavy atom. The summed E-state index contributed by atoms with van der Waals surface area (Å²) in [6.45, 7) is 9.38. The van der Waals surface area contributed by atoms with Gasteiger partial charge in [-0.25, -0.2) is 13.1 Å². The molecule has 7 nitrogen and oxygen atoms in total. The molecule has 0 fully saturated rings. The van der Waals surface area contributed by atoms with Crippen LogP contribution < -0.4 is 15.4 Å². The highest BCUT2D eigenvalue weighted by atomic mass is 32.2. The van der Waals surface area contributed by atoms with E-state index in [1.165, 1.54) is 0 Å². The van der Waals surface area contributed by atoms with Gasteiger partial charge in [0, 0.05) is 30.3 Å². The summed E-state index contributed by atoms with van der Waals surface area (Å²) in [5, 5.41) is 5.44. The first kappa shape index (κ1) is 23.6. The Morgan fingerprint density at radius 1 is 0.900 bits per heavy atom. The van der Waals surface area contributed by atoms with Crippen molar-refractivity contribution in [2.75, 3.05) is 18.4 Å². The minimum Gasteiger partial charge on any atom is -0.351 e. The number of rotatable bonds is 8. The van der Waals surface area contributed by atoms with Crippen molar-refractivity contribution in [3.8, 4) is 0 Å². The summed E-state index contributed by atoms with van der Waals surface area (Å²) in [5.74, 6) is -0.554. The fraction of sp³-hybridized carbons (Fsp3) is 0.364. The number of amides is 2. The Labute approximate surface area is 178 Å². The molecular formula is C22H29N3O4S. The van der Waals surface area contributed by atoms with E-state index in [1.807, 2.05) is 19.9 Å². The summed E-state index contributed by atoms with van der Waals surface area (Å²) in [4.78, 5) is 24.2. The Hall–Kier alpha value is -2.71. The van der Waals surface area contributed by atoms with Crippen molar-refractivity contribution in [2.24, 2.45) is 5.92 Å². The molecule has 2 amide bonds. The molecule has 162 valence electrons. The fourth-order valence-electron chi connectivity index (χ4n) is 2.76. The average Bonchev–Trinajstić information content (AvgIpc) is 2.68. The van der Waals surface area contributed by atoms with Crippen LogP contribution in [0.4, 0.5) is 5.69 Å². The average molecular weight is 432 g/mol. The van der Waals surface area contributed by atoms with Gasteiger partial charge < -0.3 is 10.6 Å². The van der Waals surface area contributed by atoms with Gasteiger partial charge >= 0.3 is 0 Å². The monoisotopic (exact) mass is 431 g/mol. The first-order valence-electron chi connectivity index (χ1n) is 9.78. The number of carbonyl (C=O) groups excluding carboxylic acids is 2. The van der Waals surface area contributed by atoms with E-state index >= 15 is 0 Å². The van der Waals surface area contributed by atoms with Gasteiger partial charge in [0.2, 0.25) is 15.9 Å². The van der Waals surface area contributed by atoms with Crippen molar-refractivity contribution in [3.05, 3.63) is 58.7 Å². The van der Waals surface area contributed by atoms with Crippen LogP contribution >= 0.6 is 0 Å². The number of aryl methyl sites for hydroxylation is 3. The Morgan fingerprint density at radius 2 is 1.50 bits per heavy atom. The smallest absolute Gasteiger partial charge is 0.251 e. The van der Waals surface area contributed by atoms with Crippen molar-refractivity contribution in [2.45, 2.75) is 39.5 Å². The van der Waals surface area contributed by atoms with Gasteiger partial charge in [0.1, 0.15) is 0 Å². The summed E-state index contributed by atoms with van der Waals surface area (Å²) >= 11 is 0. The topological polar surface area (TPSA) is 104 Å². The number of anilines is 1. The van der Waals surface area contributed by atoms with E-state index in [4.69, 9.17) is 0 Å². The van der Waals surface area contributed by atoms with E-state index in [2.05, 4.69) is 15.4 Å². The zero-order chi connectivity index (χ0) is 22.5. The van der Waals surface area contributed by atoms with Gasteiger partial charge in [-0.05, 0) is 67.8 Å². The van der Waals surface area contributed by atoms with Crippen molar-refractivity contribution in [3.63, 3.8) is 0 Å². The van der Waals surface area contributed by atoms with E-state index in [1.54, 1.807) is 51.1 Å². The van der Waals surface area contributed by atoms with Crippen molar-refractivity contribution in [1.82, 2.24) is 10.0 Å². The third kappa shape index (κ3) is 6.14. The summed E-state index contributed by atoms with van der Waals surface area (Å²) in [6.07, 6.45) is 0. The second-order valence-electron chi connectivity index (χ2n) is 7.58. The molecule has 0 heterocycles. The van der Waals surface area contributed by atoms with Crippen LogP contribution in [0.25, 0.3) is 0 Å². The highest BCUT2D eigenvalue weighted by molar-refractivity contribution is 7.89. The molecule has 2 rings (SSSR count). The van der Waals surface area contributed by atoms with Crippen LogP contribution in [0.3, 0.4) is 0 Å². The number of hydrogen-bond acceptors (Lipinski definition) is 4. The second kappa shape index (κ2) is 9.86. The number of nitrogens with one attached hydrogen (secondary N) is 3. The highest BCUT2D eigenvalue weighted by Crippen LogP contribution is 2.19. The number of hydrogen-bond donors (Lipinski definition) is 3. The van der Waals surface area contributed by atoms with Crippen LogP contribution in [0.15, 0.2) is 41.3 Å². The van der Waals surface area contributed by atoms with Gasteiger partial charge in [0.15, 0.2) is 0 Å². The maximum atomic E-state index is 12.5. The van der Waals surface area contributed by atoms with Crippen molar-refractivity contribution in [1.29, 1.82) is 0 Å². The summed E-state index contributed by atoms with van der Waals surface area (Å²) in [5.41, 5.74) is 3.65. The highest BCUT2D eigenvalue weighted by Gasteiger charge is 2.17. The normalized spacial score (nSPS) is 11.4.